The van der Waals surface area contributed by atoms with E-state index >= 15 is 0 Å². The number of hydrogen-bond donors (Lipinski definition) is 2. The number of benzene rings is 1. The van der Waals surface area contributed by atoms with Crippen LogP contribution >= 0.6 is 0 Å². The maximum absolute atomic E-state index is 5.87. The Kier molecular flexibility index (Phi) is 7.25. The van der Waals surface area contributed by atoms with Gasteiger partial charge in [0.2, 0.25) is 0 Å². The first-order valence-electron chi connectivity index (χ1n) is 8.90. The molecule has 0 amide bonds. The zero-order chi connectivity index (χ0) is 14.9. The standard InChI is InChI=1S/C19H32N2/c1-2-3-4-5-6-7-15-19(21-20)18-14-10-12-16-11-8-9-13-17(16)18/h8-9,11,13,18-19,21H,2-7,10,12,14-15,20H2,1H3. The quantitative estimate of drug-likeness (QED) is 0.393. The van der Waals surface area contributed by atoms with Gasteiger partial charge in [-0.25, -0.2) is 0 Å². The highest BCUT2D eigenvalue weighted by molar-refractivity contribution is 5.33. The van der Waals surface area contributed by atoms with Gasteiger partial charge in [0.15, 0.2) is 0 Å². The Balaban J connectivity index is 1.84. The van der Waals surface area contributed by atoms with Crippen LogP contribution in [0.5, 0.6) is 0 Å². The van der Waals surface area contributed by atoms with Crippen molar-refractivity contribution in [2.75, 3.05) is 0 Å². The molecule has 0 saturated carbocycles. The van der Waals surface area contributed by atoms with E-state index in [1.807, 2.05) is 0 Å². The fourth-order valence-corrected chi connectivity index (χ4v) is 3.75. The first kappa shape index (κ1) is 16.5. The van der Waals surface area contributed by atoms with Gasteiger partial charge in [0.25, 0.3) is 0 Å². The van der Waals surface area contributed by atoms with Crippen LogP contribution < -0.4 is 11.3 Å². The monoisotopic (exact) mass is 288 g/mol. The normalized spacial score (nSPS) is 19.2. The Labute approximate surface area is 130 Å². The zero-order valence-corrected chi connectivity index (χ0v) is 13.6. The van der Waals surface area contributed by atoms with Gasteiger partial charge in [-0.05, 0) is 36.8 Å². The van der Waals surface area contributed by atoms with E-state index in [1.54, 1.807) is 0 Å². The molecule has 0 spiro atoms. The molecule has 2 unspecified atom stereocenters. The van der Waals surface area contributed by atoms with Crippen LogP contribution in [0.3, 0.4) is 0 Å². The van der Waals surface area contributed by atoms with Crippen molar-refractivity contribution in [1.29, 1.82) is 0 Å². The van der Waals surface area contributed by atoms with E-state index in [0.717, 1.165) is 0 Å². The van der Waals surface area contributed by atoms with Gasteiger partial charge in [-0.3, -0.25) is 11.3 Å². The van der Waals surface area contributed by atoms with Crippen molar-refractivity contribution in [3.05, 3.63) is 35.4 Å². The molecule has 0 aliphatic heterocycles. The van der Waals surface area contributed by atoms with Crippen molar-refractivity contribution in [2.24, 2.45) is 5.84 Å². The van der Waals surface area contributed by atoms with Crippen LogP contribution in [0.25, 0.3) is 0 Å². The van der Waals surface area contributed by atoms with Gasteiger partial charge in [-0.15, -0.1) is 0 Å². The van der Waals surface area contributed by atoms with Crippen LogP contribution in [0.4, 0.5) is 0 Å². The second-order valence-corrected chi connectivity index (χ2v) is 6.53. The molecule has 0 saturated heterocycles. The Morgan fingerprint density at radius 1 is 1.14 bits per heavy atom. The van der Waals surface area contributed by atoms with Gasteiger partial charge in [-0.1, -0.05) is 69.7 Å². The SMILES string of the molecule is CCCCCCCCC(NN)C1CCCc2ccccc21. The third kappa shape index (κ3) is 4.82. The lowest BCUT2D eigenvalue weighted by atomic mass is 9.77. The molecule has 0 heterocycles. The second-order valence-electron chi connectivity index (χ2n) is 6.53. The zero-order valence-electron chi connectivity index (χ0n) is 13.6. The molecule has 2 atom stereocenters. The summed E-state index contributed by atoms with van der Waals surface area (Å²) in [6.45, 7) is 2.27. The largest absolute Gasteiger partial charge is 0.271 e. The molecule has 1 aliphatic carbocycles. The van der Waals surface area contributed by atoms with E-state index in [4.69, 9.17) is 5.84 Å². The van der Waals surface area contributed by atoms with Crippen molar-refractivity contribution in [3.8, 4) is 0 Å². The Morgan fingerprint density at radius 3 is 2.71 bits per heavy atom. The van der Waals surface area contributed by atoms with Gasteiger partial charge in [0, 0.05) is 12.0 Å². The minimum atomic E-state index is 0.442. The number of fused-ring (bicyclic) bond motifs is 1. The first-order valence-corrected chi connectivity index (χ1v) is 8.90. The number of rotatable bonds is 9. The Hall–Kier alpha value is -0.860. The molecule has 1 aliphatic rings. The molecule has 1 aromatic carbocycles. The molecule has 0 fully saturated rings. The first-order chi connectivity index (χ1) is 10.4. The lowest BCUT2D eigenvalue weighted by Gasteiger charge is -2.32. The van der Waals surface area contributed by atoms with Gasteiger partial charge < -0.3 is 0 Å². The average Bonchev–Trinajstić information content (AvgIpc) is 2.54. The van der Waals surface area contributed by atoms with E-state index in [-0.39, 0.29) is 0 Å². The van der Waals surface area contributed by atoms with Gasteiger partial charge >= 0.3 is 0 Å². The van der Waals surface area contributed by atoms with Crippen LogP contribution in [0.15, 0.2) is 24.3 Å². The Morgan fingerprint density at radius 2 is 1.90 bits per heavy atom. The fourth-order valence-electron chi connectivity index (χ4n) is 3.75. The number of hydrazine groups is 1. The molecule has 0 radical (unpaired) electrons. The predicted octanol–water partition coefficient (Wildman–Crippen LogP) is 4.69. The summed E-state index contributed by atoms with van der Waals surface area (Å²) in [5.41, 5.74) is 6.19. The summed E-state index contributed by atoms with van der Waals surface area (Å²) >= 11 is 0. The third-order valence-electron chi connectivity index (χ3n) is 4.98. The van der Waals surface area contributed by atoms with E-state index in [1.165, 1.54) is 75.3 Å². The van der Waals surface area contributed by atoms with E-state index in [0.29, 0.717) is 12.0 Å². The minimum absolute atomic E-state index is 0.442. The molecule has 1 aromatic rings. The van der Waals surface area contributed by atoms with Gasteiger partial charge in [-0.2, -0.15) is 0 Å². The van der Waals surface area contributed by atoms with Crippen LogP contribution in [-0.4, -0.2) is 6.04 Å². The Bertz CT molecular complexity index is 402. The summed E-state index contributed by atoms with van der Waals surface area (Å²) in [5, 5.41) is 0. The molecular formula is C19H32N2. The third-order valence-corrected chi connectivity index (χ3v) is 4.98. The van der Waals surface area contributed by atoms with Gasteiger partial charge in [0.05, 0.1) is 0 Å². The summed E-state index contributed by atoms with van der Waals surface area (Å²) in [5.74, 6) is 6.48. The number of nitrogens with two attached hydrogens (primary N) is 1. The predicted molar refractivity (Wildman–Crippen MR) is 91.2 cm³/mol. The summed E-state index contributed by atoms with van der Waals surface area (Å²) in [6.07, 6.45) is 13.2. The minimum Gasteiger partial charge on any atom is -0.271 e. The smallest absolute Gasteiger partial charge is 0.0279 e. The molecule has 118 valence electrons. The van der Waals surface area contributed by atoms with Crippen molar-refractivity contribution >= 4 is 0 Å². The molecule has 21 heavy (non-hydrogen) atoms. The lowest BCUT2D eigenvalue weighted by molar-refractivity contribution is 0.366. The summed E-state index contributed by atoms with van der Waals surface area (Å²) in [6, 6.07) is 9.39. The van der Waals surface area contributed by atoms with E-state index < -0.39 is 0 Å². The highest BCUT2D eigenvalue weighted by Gasteiger charge is 2.26. The van der Waals surface area contributed by atoms with Crippen LogP contribution in [0.1, 0.15) is 81.8 Å². The number of nitrogens with one attached hydrogen (secondary N) is 1. The van der Waals surface area contributed by atoms with Crippen LogP contribution in [-0.2, 0) is 6.42 Å². The number of unbranched alkanes of at least 4 members (excludes halogenated alkanes) is 5. The van der Waals surface area contributed by atoms with Crippen LogP contribution in [0.2, 0.25) is 0 Å². The maximum atomic E-state index is 5.87. The molecule has 0 bridgehead atoms. The maximum Gasteiger partial charge on any atom is 0.0279 e. The van der Waals surface area contributed by atoms with E-state index in [2.05, 4.69) is 36.6 Å². The summed E-state index contributed by atoms with van der Waals surface area (Å²) in [7, 11) is 0. The molecule has 2 heteroatoms. The molecular weight excluding hydrogens is 256 g/mol. The number of hydrogen-bond acceptors (Lipinski definition) is 2. The second kappa shape index (κ2) is 9.22. The molecule has 2 rings (SSSR count). The highest BCUT2D eigenvalue weighted by Crippen LogP contribution is 2.35. The topological polar surface area (TPSA) is 38.0 Å². The van der Waals surface area contributed by atoms with E-state index in [9.17, 15) is 0 Å². The molecule has 3 N–H and O–H groups in total. The number of aryl methyl sites for hydroxylation is 1. The summed E-state index contributed by atoms with van der Waals surface area (Å²) in [4.78, 5) is 0. The van der Waals surface area contributed by atoms with Gasteiger partial charge in [0.1, 0.15) is 0 Å². The molecule has 0 aromatic heterocycles. The highest BCUT2D eigenvalue weighted by atomic mass is 15.2. The van der Waals surface area contributed by atoms with Crippen molar-refractivity contribution in [1.82, 2.24) is 5.43 Å². The van der Waals surface area contributed by atoms with Crippen LogP contribution in [0, 0.1) is 0 Å². The molecule has 2 nitrogen and oxygen atoms in total. The lowest BCUT2D eigenvalue weighted by Crippen LogP contribution is -2.40. The van der Waals surface area contributed by atoms with Crippen molar-refractivity contribution in [3.63, 3.8) is 0 Å². The fraction of sp³-hybridized carbons (Fsp3) is 0.684. The average molecular weight is 288 g/mol. The van der Waals surface area contributed by atoms with Crippen molar-refractivity contribution < 1.29 is 0 Å². The van der Waals surface area contributed by atoms with Crippen molar-refractivity contribution in [2.45, 2.75) is 83.1 Å². The summed E-state index contributed by atoms with van der Waals surface area (Å²) < 4.78 is 0.